The fourth-order valence-electron chi connectivity index (χ4n) is 0.932. The molecule has 0 bridgehead atoms. The Balaban J connectivity index is 4.47. The highest BCUT2D eigenvalue weighted by atomic mass is 28.4. The molecular weight excluding hydrogens is 180 g/mol. The lowest BCUT2D eigenvalue weighted by molar-refractivity contribution is 0.329. The van der Waals surface area contributed by atoms with Crippen LogP contribution in [0.3, 0.4) is 0 Å². The Hall–Kier alpha value is -0.703. The lowest BCUT2D eigenvalue weighted by Gasteiger charge is -2.21. The summed E-state index contributed by atoms with van der Waals surface area (Å²) in [4.78, 5) is 0. The molecule has 0 aliphatic heterocycles. The van der Waals surface area contributed by atoms with Crippen molar-refractivity contribution < 1.29 is 9.16 Å². The van der Waals surface area contributed by atoms with E-state index in [0.29, 0.717) is 0 Å². The number of allylic oxidation sites excluding steroid dienone is 2. The molecule has 76 valence electrons. The molecule has 0 unspecified atom stereocenters. The van der Waals surface area contributed by atoms with Gasteiger partial charge in [-0.1, -0.05) is 0 Å². The molecule has 0 rings (SSSR count). The zero-order valence-electron chi connectivity index (χ0n) is 9.47. The summed E-state index contributed by atoms with van der Waals surface area (Å²) in [5.74, 6) is 0.931. The van der Waals surface area contributed by atoms with Gasteiger partial charge in [0.05, 0.1) is 13.4 Å². The summed E-state index contributed by atoms with van der Waals surface area (Å²) in [7, 11) is 0.146. The molecule has 0 heterocycles. The average molecular weight is 200 g/mol. The Morgan fingerprint density at radius 1 is 1.23 bits per heavy atom. The van der Waals surface area contributed by atoms with Crippen LogP contribution in [0.5, 0.6) is 0 Å². The van der Waals surface area contributed by atoms with E-state index in [0.717, 1.165) is 11.3 Å². The van der Waals surface area contributed by atoms with E-state index >= 15 is 0 Å². The van der Waals surface area contributed by atoms with Gasteiger partial charge in [0.1, 0.15) is 5.76 Å². The van der Waals surface area contributed by atoms with Gasteiger partial charge in [-0.05, 0) is 39.6 Å². The molecule has 0 saturated heterocycles. The smallest absolute Gasteiger partial charge is 0.242 e. The maximum absolute atomic E-state index is 5.85. The Labute approximate surface area is 82.4 Å². The van der Waals surface area contributed by atoms with Crippen LogP contribution in [0.1, 0.15) is 13.8 Å². The molecule has 0 N–H and O–H groups in total. The molecule has 0 aromatic heterocycles. The van der Waals surface area contributed by atoms with Crippen molar-refractivity contribution in [3.63, 3.8) is 0 Å². The van der Waals surface area contributed by atoms with E-state index in [-0.39, 0.29) is 0 Å². The Kier molecular flexibility index (Phi) is 4.84. The van der Waals surface area contributed by atoms with E-state index in [2.05, 4.69) is 19.6 Å². The van der Waals surface area contributed by atoms with Crippen molar-refractivity contribution in [1.82, 2.24) is 0 Å². The van der Waals surface area contributed by atoms with E-state index in [4.69, 9.17) is 9.16 Å². The van der Waals surface area contributed by atoms with Crippen molar-refractivity contribution in [3.8, 4) is 0 Å². The van der Waals surface area contributed by atoms with Crippen LogP contribution in [0.15, 0.2) is 23.7 Å². The third-order valence-corrected chi connectivity index (χ3v) is 2.19. The van der Waals surface area contributed by atoms with Crippen LogP contribution in [-0.4, -0.2) is 15.4 Å². The summed E-state index contributed by atoms with van der Waals surface area (Å²) in [6, 6.07) is 0. The first-order valence-electron chi connectivity index (χ1n) is 4.46. The number of rotatable bonds is 4. The second-order valence-corrected chi connectivity index (χ2v) is 8.33. The number of ether oxygens (including phenoxy) is 1. The lowest BCUT2D eigenvalue weighted by Crippen LogP contribution is -2.25. The fraction of sp³-hybridized carbons (Fsp3) is 0.600. The van der Waals surface area contributed by atoms with Crippen LogP contribution in [-0.2, 0) is 9.16 Å². The average Bonchev–Trinajstić information content (AvgIpc) is 1.99. The van der Waals surface area contributed by atoms with Crippen LogP contribution < -0.4 is 0 Å². The highest BCUT2D eigenvalue weighted by molar-refractivity contribution is 6.70. The minimum absolute atomic E-state index is 0.931. The van der Waals surface area contributed by atoms with Crippen molar-refractivity contribution in [2.24, 2.45) is 0 Å². The summed E-state index contributed by atoms with van der Waals surface area (Å²) in [6.07, 6.45) is 3.68. The molecule has 0 saturated carbocycles. The normalized spacial score (nSPS) is 14.3. The minimum atomic E-state index is -1.50. The maximum Gasteiger partial charge on any atom is 0.242 e. The summed E-state index contributed by atoms with van der Waals surface area (Å²) >= 11 is 0. The van der Waals surface area contributed by atoms with Gasteiger partial charge in [-0.25, -0.2) is 0 Å². The van der Waals surface area contributed by atoms with Crippen molar-refractivity contribution in [2.75, 3.05) is 7.11 Å². The molecule has 13 heavy (non-hydrogen) atoms. The van der Waals surface area contributed by atoms with Crippen LogP contribution in [0.25, 0.3) is 0 Å². The Bertz CT molecular complexity index is 211. The van der Waals surface area contributed by atoms with Crippen molar-refractivity contribution >= 4 is 8.32 Å². The standard InChI is InChI=1S/C10H20O2Si/c1-7-10(9(2)8-11-3)12-13(4,5)6/h7-8H,1-6H3. The van der Waals surface area contributed by atoms with Gasteiger partial charge in [-0.2, -0.15) is 0 Å². The van der Waals surface area contributed by atoms with Gasteiger partial charge in [0.2, 0.25) is 8.32 Å². The highest BCUT2D eigenvalue weighted by Crippen LogP contribution is 2.17. The summed E-state index contributed by atoms with van der Waals surface area (Å²) < 4.78 is 10.8. The van der Waals surface area contributed by atoms with Crippen molar-refractivity contribution in [1.29, 1.82) is 0 Å². The first-order chi connectivity index (χ1) is 5.90. The van der Waals surface area contributed by atoms with E-state index in [1.165, 1.54) is 0 Å². The van der Waals surface area contributed by atoms with Gasteiger partial charge in [0.15, 0.2) is 0 Å². The zero-order chi connectivity index (χ0) is 10.5. The third kappa shape index (κ3) is 5.52. The molecule has 3 heteroatoms. The minimum Gasteiger partial charge on any atom is -0.544 e. The van der Waals surface area contributed by atoms with Crippen LogP contribution in [0, 0.1) is 0 Å². The summed E-state index contributed by atoms with van der Waals surface area (Å²) in [5.41, 5.74) is 1.03. The molecule has 0 aromatic rings. The topological polar surface area (TPSA) is 18.5 Å². The number of hydrogen-bond donors (Lipinski definition) is 0. The van der Waals surface area contributed by atoms with Gasteiger partial charge >= 0.3 is 0 Å². The molecule has 0 fully saturated rings. The predicted molar refractivity (Wildman–Crippen MR) is 59.0 cm³/mol. The number of hydrogen-bond acceptors (Lipinski definition) is 2. The number of methoxy groups -OCH3 is 1. The molecule has 0 spiro atoms. The predicted octanol–water partition coefficient (Wildman–Crippen LogP) is 3.29. The fourth-order valence-corrected chi connectivity index (χ4v) is 1.87. The molecule has 2 nitrogen and oxygen atoms in total. The molecule has 0 aliphatic rings. The highest BCUT2D eigenvalue weighted by Gasteiger charge is 2.17. The largest absolute Gasteiger partial charge is 0.544 e. The van der Waals surface area contributed by atoms with E-state index < -0.39 is 8.32 Å². The van der Waals surface area contributed by atoms with Gasteiger partial charge in [-0.3, -0.25) is 0 Å². The van der Waals surface area contributed by atoms with Crippen molar-refractivity contribution in [3.05, 3.63) is 23.7 Å². The van der Waals surface area contributed by atoms with Crippen LogP contribution >= 0.6 is 0 Å². The van der Waals surface area contributed by atoms with Crippen LogP contribution in [0.2, 0.25) is 19.6 Å². The lowest BCUT2D eigenvalue weighted by atomic mass is 10.3. The summed E-state index contributed by atoms with van der Waals surface area (Å²) in [5, 5.41) is 0. The first-order valence-corrected chi connectivity index (χ1v) is 7.87. The van der Waals surface area contributed by atoms with Gasteiger partial charge in [0.25, 0.3) is 0 Å². The van der Waals surface area contributed by atoms with E-state index in [1.807, 2.05) is 19.9 Å². The Morgan fingerprint density at radius 3 is 2.08 bits per heavy atom. The molecule has 0 aromatic carbocycles. The second-order valence-electron chi connectivity index (χ2n) is 3.90. The first kappa shape index (κ1) is 12.3. The van der Waals surface area contributed by atoms with Gasteiger partial charge in [0, 0.05) is 5.57 Å². The molecular formula is C10H20O2Si. The quantitative estimate of drug-likeness (QED) is 0.394. The Morgan fingerprint density at radius 2 is 1.77 bits per heavy atom. The monoisotopic (exact) mass is 200 g/mol. The zero-order valence-corrected chi connectivity index (χ0v) is 10.5. The molecule has 0 aliphatic carbocycles. The van der Waals surface area contributed by atoms with Crippen molar-refractivity contribution in [2.45, 2.75) is 33.5 Å². The third-order valence-electron chi connectivity index (χ3n) is 1.36. The summed E-state index contributed by atoms with van der Waals surface area (Å²) in [6.45, 7) is 10.4. The van der Waals surface area contributed by atoms with Gasteiger partial charge in [-0.15, -0.1) is 0 Å². The molecule has 0 amide bonds. The van der Waals surface area contributed by atoms with Crippen LogP contribution in [0.4, 0.5) is 0 Å². The molecule has 0 atom stereocenters. The van der Waals surface area contributed by atoms with Gasteiger partial charge < -0.3 is 9.16 Å². The van der Waals surface area contributed by atoms with E-state index in [1.54, 1.807) is 13.4 Å². The molecule has 0 radical (unpaired) electrons. The SMILES string of the molecule is CC=C(O[Si](C)(C)C)C(C)=COC. The maximum atomic E-state index is 5.85. The van der Waals surface area contributed by atoms with E-state index in [9.17, 15) is 0 Å². The second kappa shape index (κ2) is 5.12.